The fourth-order valence-electron chi connectivity index (χ4n) is 4.02. The molecule has 0 aliphatic carbocycles. The molecule has 0 saturated heterocycles. The lowest BCUT2D eigenvalue weighted by atomic mass is 9.95. The van der Waals surface area contributed by atoms with Crippen molar-refractivity contribution in [3.8, 4) is 17.2 Å². The number of carboxylic acid groups (broad SMARTS) is 1. The highest BCUT2D eigenvalue weighted by Gasteiger charge is 2.24. The molecule has 0 atom stereocenters. The van der Waals surface area contributed by atoms with Crippen LogP contribution in [-0.2, 0) is 4.79 Å². The van der Waals surface area contributed by atoms with Gasteiger partial charge in [0.25, 0.3) is 0 Å². The quantitative estimate of drug-likeness (QED) is 0.233. The van der Waals surface area contributed by atoms with Gasteiger partial charge in [-0.05, 0) is 73.9 Å². The van der Waals surface area contributed by atoms with Crippen LogP contribution in [0.4, 0.5) is 0 Å². The standard InChI is InChI=1S/C28H24O5S/c1-16-13-17(2)25(18(3)14-16)26(31)28-27(22-11-10-21(32-4)15-23(22)34-28)33-20-8-5-19(6-9-20)7-12-24(29)30/h5-15H,1-4H3,(H,29,30)/b12-7+. The average molecular weight is 473 g/mol. The highest BCUT2D eigenvalue weighted by atomic mass is 32.1. The van der Waals surface area contributed by atoms with E-state index in [1.54, 1.807) is 31.4 Å². The summed E-state index contributed by atoms with van der Waals surface area (Å²) in [5.41, 5.74) is 4.39. The molecule has 0 aliphatic rings. The second-order valence-electron chi connectivity index (χ2n) is 8.07. The second kappa shape index (κ2) is 9.53. The van der Waals surface area contributed by atoms with Crippen LogP contribution in [-0.4, -0.2) is 24.0 Å². The third kappa shape index (κ3) is 4.72. The van der Waals surface area contributed by atoms with Gasteiger partial charge in [0.05, 0.1) is 7.11 Å². The molecule has 1 N–H and O–H groups in total. The minimum Gasteiger partial charge on any atom is -0.497 e. The number of aryl methyl sites for hydroxylation is 3. The maximum absolute atomic E-state index is 13.8. The number of carbonyl (C=O) groups excluding carboxylic acids is 1. The number of aliphatic carboxylic acids is 1. The summed E-state index contributed by atoms with van der Waals surface area (Å²) in [6, 6.07) is 16.7. The molecule has 1 aromatic heterocycles. The summed E-state index contributed by atoms with van der Waals surface area (Å²) in [5, 5.41) is 9.64. The summed E-state index contributed by atoms with van der Waals surface area (Å²) in [4.78, 5) is 25.0. The Morgan fingerprint density at radius 1 is 0.912 bits per heavy atom. The zero-order valence-electron chi connectivity index (χ0n) is 19.3. The van der Waals surface area contributed by atoms with Gasteiger partial charge < -0.3 is 14.6 Å². The molecule has 1 heterocycles. The first-order valence-corrected chi connectivity index (χ1v) is 11.5. The van der Waals surface area contributed by atoms with E-state index in [2.05, 4.69) is 0 Å². The average Bonchev–Trinajstić information content (AvgIpc) is 3.15. The Labute approximate surface area is 201 Å². The van der Waals surface area contributed by atoms with Gasteiger partial charge in [-0.2, -0.15) is 0 Å². The van der Waals surface area contributed by atoms with Gasteiger partial charge in [-0.1, -0.05) is 29.8 Å². The van der Waals surface area contributed by atoms with Crippen LogP contribution in [0.2, 0.25) is 0 Å². The Kier molecular flexibility index (Phi) is 6.52. The van der Waals surface area contributed by atoms with Crippen LogP contribution in [0.3, 0.4) is 0 Å². The molecule has 3 aromatic carbocycles. The largest absolute Gasteiger partial charge is 0.497 e. The first-order chi connectivity index (χ1) is 16.3. The Morgan fingerprint density at radius 2 is 1.56 bits per heavy atom. The summed E-state index contributed by atoms with van der Waals surface area (Å²) in [5.74, 6) is 0.670. The number of hydrogen-bond donors (Lipinski definition) is 1. The van der Waals surface area contributed by atoms with E-state index in [0.717, 1.165) is 38.4 Å². The van der Waals surface area contributed by atoms with Crippen LogP contribution < -0.4 is 9.47 Å². The summed E-state index contributed by atoms with van der Waals surface area (Å²) >= 11 is 1.38. The van der Waals surface area contributed by atoms with Crippen LogP contribution in [0, 0.1) is 20.8 Å². The number of fused-ring (bicyclic) bond motifs is 1. The van der Waals surface area contributed by atoms with Crippen LogP contribution in [0.5, 0.6) is 17.2 Å². The van der Waals surface area contributed by atoms with E-state index in [0.29, 0.717) is 27.7 Å². The molecule has 0 bridgehead atoms. The Hall–Kier alpha value is -3.90. The van der Waals surface area contributed by atoms with E-state index in [-0.39, 0.29) is 5.78 Å². The van der Waals surface area contributed by atoms with Crippen LogP contribution in [0.15, 0.2) is 60.7 Å². The second-order valence-corrected chi connectivity index (χ2v) is 9.12. The minimum absolute atomic E-state index is 0.0776. The number of ether oxygens (including phenoxy) is 2. The maximum Gasteiger partial charge on any atom is 0.328 e. The predicted octanol–water partition coefficient (Wildman–Crippen LogP) is 6.96. The summed E-state index contributed by atoms with van der Waals surface area (Å²) < 4.78 is 12.5. The van der Waals surface area contributed by atoms with E-state index >= 15 is 0 Å². The lowest BCUT2D eigenvalue weighted by Crippen LogP contribution is -2.06. The van der Waals surface area contributed by atoms with Gasteiger partial charge in [0.15, 0.2) is 5.75 Å². The van der Waals surface area contributed by atoms with Crippen molar-refractivity contribution in [2.75, 3.05) is 7.11 Å². The molecule has 0 radical (unpaired) electrons. The Balaban J connectivity index is 1.80. The van der Waals surface area contributed by atoms with E-state index in [1.807, 2.05) is 51.1 Å². The molecule has 0 amide bonds. The zero-order chi connectivity index (χ0) is 24.4. The molecular formula is C28H24O5S. The molecule has 34 heavy (non-hydrogen) atoms. The molecule has 0 fully saturated rings. The van der Waals surface area contributed by atoms with Crippen molar-refractivity contribution in [3.63, 3.8) is 0 Å². The molecule has 0 spiro atoms. The molecule has 0 unspecified atom stereocenters. The first-order valence-electron chi connectivity index (χ1n) is 10.7. The number of methoxy groups -OCH3 is 1. The number of thiophene rings is 1. The van der Waals surface area contributed by atoms with Gasteiger partial charge in [0.2, 0.25) is 5.78 Å². The lowest BCUT2D eigenvalue weighted by molar-refractivity contribution is -0.131. The summed E-state index contributed by atoms with van der Waals surface area (Å²) in [6.07, 6.45) is 2.59. The lowest BCUT2D eigenvalue weighted by Gasteiger charge is -2.12. The van der Waals surface area contributed by atoms with Crippen molar-refractivity contribution in [3.05, 3.63) is 93.4 Å². The topological polar surface area (TPSA) is 72.8 Å². The molecule has 0 aliphatic heterocycles. The molecule has 0 saturated carbocycles. The van der Waals surface area contributed by atoms with Gasteiger partial charge in [-0.15, -0.1) is 11.3 Å². The summed E-state index contributed by atoms with van der Waals surface area (Å²) in [7, 11) is 1.61. The zero-order valence-corrected chi connectivity index (χ0v) is 20.2. The minimum atomic E-state index is -1.01. The van der Waals surface area contributed by atoms with Crippen molar-refractivity contribution in [2.45, 2.75) is 20.8 Å². The fraction of sp³-hybridized carbons (Fsp3) is 0.143. The van der Waals surface area contributed by atoms with Crippen molar-refractivity contribution in [1.29, 1.82) is 0 Å². The molecule has 6 heteroatoms. The normalized spacial score (nSPS) is 11.2. The molecule has 172 valence electrons. The fourth-order valence-corrected chi connectivity index (χ4v) is 5.12. The van der Waals surface area contributed by atoms with Gasteiger partial charge in [-0.3, -0.25) is 4.79 Å². The number of rotatable bonds is 7. The molecule has 5 nitrogen and oxygen atoms in total. The predicted molar refractivity (Wildman–Crippen MR) is 136 cm³/mol. The first kappa shape index (κ1) is 23.3. The maximum atomic E-state index is 13.8. The van der Waals surface area contributed by atoms with Crippen molar-refractivity contribution in [1.82, 2.24) is 0 Å². The number of benzene rings is 3. The van der Waals surface area contributed by atoms with Crippen molar-refractivity contribution < 1.29 is 24.2 Å². The van der Waals surface area contributed by atoms with Crippen molar-refractivity contribution in [2.24, 2.45) is 0 Å². The number of carbonyl (C=O) groups is 2. The van der Waals surface area contributed by atoms with E-state index in [9.17, 15) is 9.59 Å². The number of ketones is 1. The highest BCUT2D eigenvalue weighted by molar-refractivity contribution is 7.21. The van der Waals surface area contributed by atoms with Gasteiger partial charge in [-0.25, -0.2) is 4.79 Å². The van der Waals surface area contributed by atoms with E-state index in [4.69, 9.17) is 14.6 Å². The Morgan fingerprint density at radius 3 is 2.18 bits per heavy atom. The van der Waals surface area contributed by atoms with Gasteiger partial charge in [0.1, 0.15) is 16.4 Å². The monoisotopic (exact) mass is 472 g/mol. The van der Waals surface area contributed by atoms with Crippen LogP contribution in [0.1, 0.15) is 37.5 Å². The van der Waals surface area contributed by atoms with E-state index < -0.39 is 5.97 Å². The Bertz CT molecular complexity index is 1400. The SMILES string of the molecule is COc1ccc2c(Oc3ccc(/C=C/C(=O)O)cc3)c(C(=O)c3c(C)cc(C)cc3C)sc2c1. The molecule has 4 rings (SSSR count). The molecular weight excluding hydrogens is 448 g/mol. The van der Waals surface area contributed by atoms with E-state index in [1.165, 1.54) is 17.4 Å². The third-order valence-corrected chi connectivity index (χ3v) is 6.61. The van der Waals surface area contributed by atoms with Crippen LogP contribution in [0.25, 0.3) is 16.2 Å². The number of carboxylic acids is 1. The number of hydrogen-bond acceptors (Lipinski definition) is 5. The van der Waals surface area contributed by atoms with Crippen LogP contribution >= 0.6 is 11.3 Å². The summed E-state index contributed by atoms with van der Waals surface area (Å²) in [6.45, 7) is 5.92. The van der Waals surface area contributed by atoms with Crippen molar-refractivity contribution >= 4 is 39.3 Å². The highest BCUT2D eigenvalue weighted by Crippen LogP contribution is 2.43. The molecule has 4 aromatic rings. The smallest absolute Gasteiger partial charge is 0.328 e. The van der Waals surface area contributed by atoms with Gasteiger partial charge >= 0.3 is 5.97 Å². The van der Waals surface area contributed by atoms with Gasteiger partial charge in [0, 0.05) is 21.7 Å². The third-order valence-electron chi connectivity index (χ3n) is 5.48.